The van der Waals surface area contributed by atoms with Gasteiger partial charge in [-0.1, -0.05) is 25.8 Å². The molecular weight excluding hydrogens is 260 g/mol. The number of hydrogen-bond donors (Lipinski definition) is 1. The second-order valence-electron chi connectivity index (χ2n) is 5.17. The lowest BCUT2D eigenvalue weighted by Crippen LogP contribution is -2.38. The van der Waals surface area contributed by atoms with Gasteiger partial charge in [-0.05, 0) is 37.5 Å². The molecule has 1 fully saturated rings. The van der Waals surface area contributed by atoms with Crippen molar-refractivity contribution in [2.24, 2.45) is 0 Å². The van der Waals surface area contributed by atoms with Gasteiger partial charge in [0.2, 0.25) is 10.0 Å². The summed E-state index contributed by atoms with van der Waals surface area (Å²) in [7, 11) is -3.42. The van der Waals surface area contributed by atoms with Crippen LogP contribution in [0.5, 0.6) is 0 Å². The van der Waals surface area contributed by atoms with Crippen LogP contribution in [-0.4, -0.2) is 25.3 Å². The van der Waals surface area contributed by atoms with Crippen LogP contribution in [0, 0.1) is 6.92 Å². The average molecular weight is 282 g/mol. The van der Waals surface area contributed by atoms with Gasteiger partial charge in [-0.25, -0.2) is 8.42 Å². The van der Waals surface area contributed by atoms with E-state index in [0.29, 0.717) is 17.1 Å². The lowest BCUT2D eigenvalue weighted by molar-refractivity contribution is 0.335. The fourth-order valence-corrected chi connectivity index (χ4v) is 4.46. The van der Waals surface area contributed by atoms with Gasteiger partial charge in [-0.15, -0.1) is 0 Å². The number of nitrogens with two attached hydrogens (primary N) is 1. The number of rotatable bonds is 4. The molecule has 0 spiro atoms. The molecule has 1 aliphatic rings. The molecule has 5 heteroatoms. The van der Waals surface area contributed by atoms with Crippen LogP contribution in [-0.2, 0) is 10.0 Å². The summed E-state index contributed by atoms with van der Waals surface area (Å²) in [6.07, 6.45) is 4.17. The summed E-state index contributed by atoms with van der Waals surface area (Å²) < 4.78 is 27.0. The van der Waals surface area contributed by atoms with Gasteiger partial charge >= 0.3 is 0 Å². The maximum absolute atomic E-state index is 12.7. The van der Waals surface area contributed by atoms with E-state index in [1.807, 2.05) is 13.8 Å². The molecule has 0 atom stereocenters. The van der Waals surface area contributed by atoms with E-state index in [1.54, 1.807) is 22.5 Å². The van der Waals surface area contributed by atoms with Crippen molar-refractivity contribution in [2.45, 2.75) is 50.5 Å². The number of benzene rings is 1. The van der Waals surface area contributed by atoms with E-state index in [0.717, 1.165) is 31.2 Å². The third-order valence-electron chi connectivity index (χ3n) is 3.90. The third-order valence-corrected chi connectivity index (χ3v) is 5.92. The van der Waals surface area contributed by atoms with E-state index in [-0.39, 0.29) is 6.04 Å². The number of nitrogens with zero attached hydrogens (tertiary/aromatic N) is 1. The first-order valence-electron chi connectivity index (χ1n) is 6.84. The monoisotopic (exact) mass is 282 g/mol. The predicted molar refractivity (Wildman–Crippen MR) is 77.4 cm³/mol. The van der Waals surface area contributed by atoms with E-state index in [9.17, 15) is 8.42 Å². The van der Waals surface area contributed by atoms with Gasteiger partial charge < -0.3 is 5.73 Å². The van der Waals surface area contributed by atoms with Crippen LogP contribution in [0.15, 0.2) is 23.1 Å². The van der Waals surface area contributed by atoms with Crippen molar-refractivity contribution in [1.82, 2.24) is 4.31 Å². The molecule has 1 saturated carbocycles. The highest BCUT2D eigenvalue weighted by Crippen LogP contribution is 2.29. The largest absolute Gasteiger partial charge is 0.398 e. The second kappa shape index (κ2) is 5.51. The first-order chi connectivity index (χ1) is 8.96. The summed E-state index contributed by atoms with van der Waals surface area (Å²) in [6.45, 7) is 4.29. The first kappa shape index (κ1) is 14.3. The summed E-state index contributed by atoms with van der Waals surface area (Å²) in [5.41, 5.74) is 7.27. The molecule has 0 heterocycles. The number of nitrogen functional groups attached to an aromatic ring is 1. The molecule has 0 saturated heterocycles. The smallest absolute Gasteiger partial charge is 0.243 e. The summed E-state index contributed by atoms with van der Waals surface area (Å²) in [5.74, 6) is 0. The molecule has 4 nitrogen and oxygen atoms in total. The zero-order chi connectivity index (χ0) is 14.0. The minimum atomic E-state index is -3.42. The molecule has 1 aliphatic carbocycles. The number of sulfonamides is 1. The van der Waals surface area contributed by atoms with E-state index < -0.39 is 10.0 Å². The zero-order valence-electron chi connectivity index (χ0n) is 11.6. The van der Waals surface area contributed by atoms with Crippen molar-refractivity contribution in [2.75, 3.05) is 12.3 Å². The molecular formula is C14H22N2O2S. The van der Waals surface area contributed by atoms with Crippen LogP contribution < -0.4 is 5.73 Å². The lowest BCUT2D eigenvalue weighted by Gasteiger charge is -2.26. The van der Waals surface area contributed by atoms with Gasteiger partial charge in [0, 0.05) is 18.3 Å². The molecule has 2 N–H and O–H groups in total. The van der Waals surface area contributed by atoms with E-state index >= 15 is 0 Å². The Labute approximate surface area is 115 Å². The van der Waals surface area contributed by atoms with Gasteiger partial charge in [-0.2, -0.15) is 4.31 Å². The molecule has 0 unspecified atom stereocenters. The Kier molecular flexibility index (Phi) is 4.16. The summed E-state index contributed by atoms with van der Waals surface area (Å²) >= 11 is 0. The highest BCUT2D eigenvalue weighted by Gasteiger charge is 2.32. The molecule has 0 bridgehead atoms. The minimum Gasteiger partial charge on any atom is -0.398 e. The number of aryl methyl sites for hydroxylation is 1. The van der Waals surface area contributed by atoms with Gasteiger partial charge in [0.05, 0.1) is 4.90 Å². The van der Waals surface area contributed by atoms with Crippen LogP contribution in [0.1, 0.15) is 38.2 Å². The SMILES string of the molecule is CCN(C1CCCC1)S(=O)(=O)c1ccc(C)c(N)c1. The normalized spacial score (nSPS) is 17.2. The Bertz CT molecular complexity index is 549. The summed E-state index contributed by atoms with van der Waals surface area (Å²) in [4.78, 5) is 0.310. The Morgan fingerprint density at radius 3 is 2.47 bits per heavy atom. The fourth-order valence-electron chi connectivity index (χ4n) is 2.73. The van der Waals surface area contributed by atoms with Crippen LogP contribution in [0.4, 0.5) is 5.69 Å². The topological polar surface area (TPSA) is 63.4 Å². The van der Waals surface area contributed by atoms with Crippen molar-refractivity contribution < 1.29 is 8.42 Å². The molecule has 19 heavy (non-hydrogen) atoms. The van der Waals surface area contributed by atoms with Crippen LogP contribution >= 0.6 is 0 Å². The van der Waals surface area contributed by atoms with Crippen molar-refractivity contribution in [3.8, 4) is 0 Å². The van der Waals surface area contributed by atoms with E-state index in [1.165, 1.54) is 0 Å². The second-order valence-corrected chi connectivity index (χ2v) is 7.06. The van der Waals surface area contributed by atoms with Crippen LogP contribution in [0.3, 0.4) is 0 Å². The van der Waals surface area contributed by atoms with Crippen LogP contribution in [0.2, 0.25) is 0 Å². The Morgan fingerprint density at radius 1 is 1.32 bits per heavy atom. The third kappa shape index (κ3) is 2.77. The highest BCUT2D eigenvalue weighted by atomic mass is 32.2. The van der Waals surface area contributed by atoms with Gasteiger partial charge in [-0.3, -0.25) is 0 Å². The standard InChI is InChI=1S/C14H22N2O2S/c1-3-16(12-6-4-5-7-12)19(17,18)13-9-8-11(2)14(15)10-13/h8-10,12H,3-7,15H2,1-2H3. The quantitative estimate of drug-likeness (QED) is 0.863. The van der Waals surface area contributed by atoms with Gasteiger partial charge in [0.25, 0.3) is 0 Å². The van der Waals surface area contributed by atoms with Gasteiger partial charge in [0.15, 0.2) is 0 Å². The predicted octanol–water partition coefficient (Wildman–Crippen LogP) is 2.53. The maximum atomic E-state index is 12.7. The lowest BCUT2D eigenvalue weighted by atomic mass is 10.2. The Balaban J connectivity index is 2.36. The molecule has 0 amide bonds. The first-order valence-corrected chi connectivity index (χ1v) is 8.28. The Hall–Kier alpha value is -1.07. The molecule has 0 radical (unpaired) electrons. The molecule has 0 aliphatic heterocycles. The van der Waals surface area contributed by atoms with E-state index in [2.05, 4.69) is 0 Å². The van der Waals surface area contributed by atoms with Crippen LogP contribution in [0.25, 0.3) is 0 Å². The van der Waals surface area contributed by atoms with E-state index in [4.69, 9.17) is 5.73 Å². The summed E-state index contributed by atoms with van der Waals surface area (Å²) in [6, 6.07) is 5.14. The molecule has 106 valence electrons. The number of anilines is 1. The number of hydrogen-bond acceptors (Lipinski definition) is 3. The molecule has 2 rings (SSSR count). The van der Waals surface area contributed by atoms with Crippen molar-refractivity contribution in [3.05, 3.63) is 23.8 Å². The molecule has 1 aromatic rings. The molecule has 0 aromatic heterocycles. The van der Waals surface area contributed by atoms with Crippen molar-refractivity contribution in [3.63, 3.8) is 0 Å². The Morgan fingerprint density at radius 2 is 1.95 bits per heavy atom. The zero-order valence-corrected chi connectivity index (χ0v) is 12.4. The highest BCUT2D eigenvalue weighted by molar-refractivity contribution is 7.89. The molecule has 1 aromatic carbocycles. The fraction of sp³-hybridized carbons (Fsp3) is 0.571. The summed E-state index contributed by atoms with van der Waals surface area (Å²) in [5, 5.41) is 0. The average Bonchev–Trinajstić information content (AvgIpc) is 2.86. The van der Waals surface area contributed by atoms with Crippen molar-refractivity contribution >= 4 is 15.7 Å². The minimum absolute atomic E-state index is 0.150. The van der Waals surface area contributed by atoms with Crippen molar-refractivity contribution in [1.29, 1.82) is 0 Å². The van der Waals surface area contributed by atoms with Gasteiger partial charge in [0.1, 0.15) is 0 Å². The maximum Gasteiger partial charge on any atom is 0.243 e.